The molecule has 0 aromatic carbocycles. The molecule has 0 bridgehead atoms. The van der Waals surface area contributed by atoms with Gasteiger partial charge in [0.05, 0.1) is 6.10 Å². The van der Waals surface area contributed by atoms with Gasteiger partial charge in [-0.25, -0.2) is 0 Å². The molecular formula is C16H29N3O2. The first kappa shape index (κ1) is 16.4. The number of hydrogen-bond donors (Lipinski definition) is 1. The van der Waals surface area contributed by atoms with Gasteiger partial charge < -0.3 is 15.0 Å². The van der Waals surface area contributed by atoms with E-state index in [-0.39, 0.29) is 6.10 Å². The van der Waals surface area contributed by atoms with Gasteiger partial charge in [-0.05, 0) is 50.5 Å². The predicted octanol–water partition coefficient (Wildman–Crippen LogP) is 2.73. The van der Waals surface area contributed by atoms with Gasteiger partial charge in [0, 0.05) is 19.4 Å². The molecule has 21 heavy (non-hydrogen) atoms. The molecule has 1 aliphatic heterocycles. The fraction of sp³-hybridized carbons (Fsp3) is 0.875. The van der Waals surface area contributed by atoms with Crippen LogP contribution < -0.4 is 5.73 Å². The highest BCUT2D eigenvalue weighted by molar-refractivity contribution is 4.90. The van der Waals surface area contributed by atoms with E-state index >= 15 is 0 Å². The maximum absolute atomic E-state index is 5.72. The van der Waals surface area contributed by atoms with Gasteiger partial charge in [0.25, 0.3) is 0 Å². The van der Waals surface area contributed by atoms with Crippen molar-refractivity contribution in [1.82, 2.24) is 10.1 Å². The van der Waals surface area contributed by atoms with E-state index in [1.165, 1.54) is 12.8 Å². The summed E-state index contributed by atoms with van der Waals surface area (Å²) >= 11 is 0. The van der Waals surface area contributed by atoms with E-state index in [4.69, 9.17) is 15.0 Å². The lowest BCUT2D eigenvalue weighted by Crippen LogP contribution is -2.21. The van der Waals surface area contributed by atoms with Crippen LogP contribution in [0.2, 0.25) is 0 Å². The molecule has 0 aliphatic carbocycles. The van der Waals surface area contributed by atoms with Crippen molar-refractivity contribution >= 4 is 0 Å². The van der Waals surface area contributed by atoms with Gasteiger partial charge in [-0.15, -0.1) is 0 Å². The average Bonchev–Trinajstić information content (AvgIpc) is 2.92. The van der Waals surface area contributed by atoms with Crippen molar-refractivity contribution in [2.75, 3.05) is 13.2 Å². The second-order valence-electron chi connectivity index (χ2n) is 6.42. The highest BCUT2D eigenvalue weighted by atomic mass is 16.5. The molecule has 2 atom stereocenters. The Labute approximate surface area is 127 Å². The standard InChI is InChI=1S/C16H29N3O2/c1-12(2)13(8-9-17)6-7-16-18-15(19-21-16)11-14-5-3-4-10-20-14/h12-14H,3-11,17H2,1-2H3. The smallest absolute Gasteiger partial charge is 0.226 e. The Morgan fingerprint density at radius 2 is 2.14 bits per heavy atom. The summed E-state index contributed by atoms with van der Waals surface area (Å²) in [5.41, 5.74) is 5.68. The van der Waals surface area contributed by atoms with E-state index in [9.17, 15) is 0 Å². The Morgan fingerprint density at radius 3 is 2.81 bits per heavy atom. The van der Waals surface area contributed by atoms with Crippen molar-refractivity contribution < 1.29 is 9.26 Å². The molecule has 1 fully saturated rings. The SMILES string of the molecule is CC(C)C(CCN)CCc1nc(CC2CCCCO2)no1. The third-order valence-corrected chi connectivity index (χ3v) is 4.40. The van der Waals surface area contributed by atoms with E-state index in [1.807, 2.05) is 0 Å². The van der Waals surface area contributed by atoms with Crippen molar-refractivity contribution in [3.63, 3.8) is 0 Å². The van der Waals surface area contributed by atoms with Crippen molar-refractivity contribution in [3.8, 4) is 0 Å². The van der Waals surface area contributed by atoms with E-state index in [0.717, 1.165) is 57.0 Å². The Bertz CT molecular complexity index is 400. The second kappa shape index (κ2) is 8.49. The molecule has 2 heterocycles. The summed E-state index contributed by atoms with van der Waals surface area (Å²) in [5, 5.41) is 4.09. The van der Waals surface area contributed by atoms with Crippen LogP contribution >= 0.6 is 0 Å². The van der Waals surface area contributed by atoms with Crippen molar-refractivity contribution in [2.45, 2.75) is 64.9 Å². The van der Waals surface area contributed by atoms with E-state index in [1.54, 1.807) is 0 Å². The molecule has 1 saturated heterocycles. The van der Waals surface area contributed by atoms with Crippen molar-refractivity contribution in [3.05, 3.63) is 11.7 Å². The van der Waals surface area contributed by atoms with Crippen LogP contribution in [0, 0.1) is 11.8 Å². The molecular weight excluding hydrogens is 266 g/mol. The lowest BCUT2D eigenvalue weighted by molar-refractivity contribution is 0.0153. The molecule has 1 aromatic heterocycles. The minimum atomic E-state index is 0.268. The van der Waals surface area contributed by atoms with Crippen LogP contribution in [-0.2, 0) is 17.6 Å². The molecule has 0 radical (unpaired) electrons. The highest BCUT2D eigenvalue weighted by Crippen LogP contribution is 2.21. The summed E-state index contributed by atoms with van der Waals surface area (Å²) in [4.78, 5) is 4.51. The second-order valence-corrected chi connectivity index (χ2v) is 6.42. The number of hydrogen-bond acceptors (Lipinski definition) is 5. The lowest BCUT2D eigenvalue weighted by Gasteiger charge is -2.20. The van der Waals surface area contributed by atoms with E-state index < -0.39 is 0 Å². The van der Waals surface area contributed by atoms with Crippen molar-refractivity contribution in [2.24, 2.45) is 17.6 Å². The Morgan fingerprint density at radius 1 is 1.29 bits per heavy atom. The molecule has 0 spiro atoms. The maximum atomic E-state index is 5.72. The van der Waals surface area contributed by atoms with Crippen LogP contribution in [0.5, 0.6) is 0 Å². The largest absolute Gasteiger partial charge is 0.378 e. The summed E-state index contributed by atoms with van der Waals surface area (Å²) < 4.78 is 11.1. The summed E-state index contributed by atoms with van der Waals surface area (Å²) in [6, 6.07) is 0. The van der Waals surface area contributed by atoms with Gasteiger partial charge in [0.1, 0.15) is 0 Å². The molecule has 5 heteroatoms. The quantitative estimate of drug-likeness (QED) is 0.798. The Kier molecular flexibility index (Phi) is 6.64. The van der Waals surface area contributed by atoms with Crippen LogP contribution in [0.4, 0.5) is 0 Å². The topological polar surface area (TPSA) is 74.2 Å². The molecule has 120 valence electrons. The molecule has 1 aromatic rings. The molecule has 2 rings (SSSR count). The summed E-state index contributed by atoms with van der Waals surface area (Å²) in [7, 11) is 0. The minimum absolute atomic E-state index is 0.268. The monoisotopic (exact) mass is 295 g/mol. The lowest BCUT2D eigenvalue weighted by atomic mass is 9.88. The third kappa shape index (κ3) is 5.40. The summed E-state index contributed by atoms with van der Waals surface area (Å²) in [6.45, 7) is 6.11. The van der Waals surface area contributed by atoms with Crippen LogP contribution in [0.3, 0.4) is 0 Å². The number of nitrogens with two attached hydrogens (primary N) is 1. The van der Waals surface area contributed by atoms with E-state index in [2.05, 4.69) is 24.0 Å². The maximum Gasteiger partial charge on any atom is 0.226 e. The van der Waals surface area contributed by atoms with Gasteiger partial charge >= 0.3 is 0 Å². The highest BCUT2D eigenvalue weighted by Gasteiger charge is 2.19. The average molecular weight is 295 g/mol. The minimum Gasteiger partial charge on any atom is -0.378 e. The number of ether oxygens (including phenoxy) is 1. The Balaban J connectivity index is 1.79. The van der Waals surface area contributed by atoms with Crippen LogP contribution in [0.1, 0.15) is 57.7 Å². The summed E-state index contributed by atoms with van der Waals surface area (Å²) in [6.07, 6.45) is 7.54. The zero-order chi connectivity index (χ0) is 15.1. The first-order valence-electron chi connectivity index (χ1n) is 8.32. The van der Waals surface area contributed by atoms with Crippen LogP contribution in [0.15, 0.2) is 4.52 Å². The molecule has 0 amide bonds. The van der Waals surface area contributed by atoms with Gasteiger partial charge in [-0.3, -0.25) is 0 Å². The number of nitrogens with zero attached hydrogens (tertiary/aromatic N) is 2. The third-order valence-electron chi connectivity index (χ3n) is 4.40. The zero-order valence-corrected chi connectivity index (χ0v) is 13.4. The van der Waals surface area contributed by atoms with Crippen molar-refractivity contribution in [1.29, 1.82) is 0 Å². The fourth-order valence-corrected chi connectivity index (χ4v) is 2.98. The number of rotatable bonds is 8. The molecule has 2 N–H and O–H groups in total. The fourth-order valence-electron chi connectivity index (χ4n) is 2.98. The molecule has 2 unspecified atom stereocenters. The normalized spacial score (nSPS) is 20.9. The molecule has 0 saturated carbocycles. The Hall–Kier alpha value is -0.940. The van der Waals surface area contributed by atoms with E-state index in [0.29, 0.717) is 11.8 Å². The molecule has 5 nitrogen and oxygen atoms in total. The number of aryl methyl sites for hydroxylation is 1. The summed E-state index contributed by atoms with van der Waals surface area (Å²) in [5.74, 6) is 2.82. The van der Waals surface area contributed by atoms with Crippen LogP contribution in [-0.4, -0.2) is 29.4 Å². The van der Waals surface area contributed by atoms with Gasteiger partial charge in [-0.1, -0.05) is 19.0 Å². The zero-order valence-electron chi connectivity index (χ0n) is 13.4. The first-order chi connectivity index (χ1) is 10.2. The van der Waals surface area contributed by atoms with Gasteiger partial charge in [-0.2, -0.15) is 4.98 Å². The van der Waals surface area contributed by atoms with Gasteiger partial charge in [0.2, 0.25) is 5.89 Å². The van der Waals surface area contributed by atoms with Gasteiger partial charge in [0.15, 0.2) is 5.82 Å². The first-order valence-corrected chi connectivity index (χ1v) is 8.32. The number of aromatic nitrogens is 2. The molecule has 1 aliphatic rings. The predicted molar refractivity (Wildman–Crippen MR) is 81.9 cm³/mol. The van der Waals surface area contributed by atoms with Crippen LogP contribution in [0.25, 0.3) is 0 Å².